The molecule has 0 aliphatic rings. The average Bonchev–Trinajstić information content (AvgIpc) is 2.86. The van der Waals surface area contributed by atoms with Gasteiger partial charge in [-0.05, 0) is 19.4 Å². The molecule has 0 fully saturated rings. The van der Waals surface area contributed by atoms with E-state index in [0.29, 0.717) is 0 Å². The summed E-state index contributed by atoms with van der Waals surface area (Å²) in [5.41, 5.74) is 3.27. The number of anilines is 1. The number of aromatic nitrogens is 1. The number of hydrogen-bond donors (Lipinski definition) is 0. The second-order valence-electron chi connectivity index (χ2n) is 6.00. The Bertz CT molecular complexity index is 548. The van der Waals surface area contributed by atoms with Crippen molar-refractivity contribution in [2.75, 3.05) is 18.0 Å². The zero-order valence-electron chi connectivity index (χ0n) is 13.1. The molecule has 3 heteroatoms. The normalized spacial score (nSPS) is 11.7. The third-order valence-corrected chi connectivity index (χ3v) is 3.50. The first kappa shape index (κ1) is 14.6. The smallest absolute Gasteiger partial charge is 0.235 e. The maximum atomic E-state index is 5.70. The van der Waals surface area contributed by atoms with Crippen LogP contribution < -0.4 is 4.90 Å². The molecule has 2 aromatic rings. The first-order chi connectivity index (χ1) is 9.49. The third-order valence-electron chi connectivity index (χ3n) is 3.50. The molecule has 0 atom stereocenters. The number of nitrogens with zero attached hydrogens (tertiary/aromatic N) is 2. The Morgan fingerprint density at radius 2 is 1.65 bits per heavy atom. The van der Waals surface area contributed by atoms with Crippen molar-refractivity contribution in [1.29, 1.82) is 0 Å². The number of benzene rings is 1. The molecule has 0 saturated heterocycles. The lowest BCUT2D eigenvalue weighted by atomic mass is 9.87. The molecule has 1 heterocycles. The minimum atomic E-state index is -0.0416. The van der Waals surface area contributed by atoms with Crippen molar-refractivity contribution in [3.63, 3.8) is 0 Å². The highest BCUT2D eigenvalue weighted by atomic mass is 16.5. The van der Waals surface area contributed by atoms with Gasteiger partial charge in [-0.15, -0.1) is 0 Å². The van der Waals surface area contributed by atoms with Crippen molar-refractivity contribution >= 4 is 5.88 Å². The summed E-state index contributed by atoms with van der Waals surface area (Å²) >= 11 is 0. The highest BCUT2D eigenvalue weighted by Crippen LogP contribution is 2.39. The second kappa shape index (κ2) is 5.70. The van der Waals surface area contributed by atoms with Gasteiger partial charge in [0.2, 0.25) is 5.88 Å². The van der Waals surface area contributed by atoms with E-state index in [-0.39, 0.29) is 5.41 Å². The fourth-order valence-electron chi connectivity index (χ4n) is 2.39. The SMILES string of the molecule is CCN(CC)c1onc(C(C)(C)C)c1-c1ccccc1. The number of hydrogen-bond acceptors (Lipinski definition) is 3. The molecule has 0 unspecified atom stereocenters. The summed E-state index contributed by atoms with van der Waals surface area (Å²) in [4.78, 5) is 2.21. The topological polar surface area (TPSA) is 29.3 Å². The molecule has 0 bridgehead atoms. The van der Waals surface area contributed by atoms with Gasteiger partial charge >= 0.3 is 0 Å². The lowest BCUT2D eigenvalue weighted by Crippen LogP contribution is -2.22. The highest BCUT2D eigenvalue weighted by Gasteiger charge is 2.28. The van der Waals surface area contributed by atoms with E-state index in [4.69, 9.17) is 4.52 Å². The molecular weight excluding hydrogens is 248 g/mol. The summed E-state index contributed by atoms with van der Waals surface area (Å²) in [5, 5.41) is 4.36. The van der Waals surface area contributed by atoms with Crippen LogP contribution in [0.5, 0.6) is 0 Å². The Kier molecular flexibility index (Phi) is 4.17. The summed E-state index contributed by atoms with van der Waals surface area (Å²) in [5.74, 6) is 0.881. The summed E-state index contributed by atoms with van der Waals surface area (Å²) in [6, 6.07) is 10.4. The molecule has 1 aromatic heterocycles. The van der Waals surface area contributed by atoms with Crippen LogP contribution in [0.4, 0.5) is 5.88 Å². The van der Waals surface area contributed by atoms with Crippen LogP contribution in [0.3, 0.4) is 0 Å². The van der Waals surface area contributed by atoms with Crippen molar-refractivity contribution in [3.05, 3.63) is 36.0 Å². The van der Waals surface area contributed by atoms with Gasteiger partial charge in [0.1, 0.15) is 0 Å². The Morgan fingerprint density at radius 1 is 1.05 bits per heavy atom. The zero-order chi connectivity index (χ0) is 14.8. The van der Waals surface area contributed by atoms with Crippen molar-refractivity contribution in [3.8, 4) is 11.1 Å². The molecule has 0 amide bonds. The third kappa shape index (κ3) is 2.72. The quantitative estimate of drug-likeness (QED) is 0.821. The standard InChI is InChI=1S/C17H24N2O/c1-6-19(7-2)16-14(13-11-9-8-10-12-13)15(18-20-16)17(3,4)5/h8-12H,6-7H2,1-5H3. The van der Waals surface area contributed by atoms with E-state index >= 15 is 0 Å². The van der Waals surface area contributed by atoms with E-state index in [1.807, 2.05) is 6.07 Å². The molecule has 3 nitrogen and oxygen atoms in total. The van der Waals surface area contributed by atoms with Gasteiger partial charge in [-0.1, -0.05) is 56.3 Å². The largest absolute Gasteiger partial charge is 0.341 e. The fourth-order valence-corrected chi connectivity index (χ4v) is 2.39. The van der Waals surface area contributed by atoms with Crippen LogP contribution in [0.15, 0.2) is 34.9 Å². The van der Waals surface area contributed by atoms with Gasteiger partial charge in [0.05, 0.1) is 11.3 Å². The summed E-state index contributed by atoms with van der Waals surface area (Å²) in [6.45, 7) is 12.6. The van der Waals surface area contributed by atoms with E-state index in [0.717, 1.165) is 30.2 Å². The Hall–Kier alpha value is -1.77. The summed E-state index contributed by atoms with van der Waals surface area (Å²) < 4.78 is 5.70. The molecule has 0 N–H and O–H groups in total. The van der Waals surface area contributed by atoms with E-state index < -0.39 is 0 Å². The number of rotatable bonds is 4. The van der Waals surface area contributed by atoms with Crippen LogP contribution in [-0.2, 0) is 5.41 Å². The molecule has 1 aromatic carbocycles. The molecule has 0 saturated carbocycles. The van der Waals surface area contributed by atoms with Gasteiger partial charge in [-0.2, -0.15) is 0 Å². The van der Waals surface area contributed by atoms with Crippen LogP contribution in [0, 0.1) is 0 Å². The Labute approximate surface area is 121 Å². The second-order valence-corrected chi connectivity index (χ2v) is 6.00. The average molecular weight is 272 g/mol. The molecule has 108 valence electrons. The van der Waals surface area contributed by atoms with Gasteiger partial charge in [0, 0.05) is 18.5 Å². The van der Waals surface area contributed by atoms with Gasteiger partial charge in [0.25, 0.3) is 0 Å². The first-order valence-corrected chi connectivity index (χ1v) is 7.29. The van der Waals surface area contributed by atoms with Crippen molar-refractivity contribution in [1.82, 2.24) is 5.16 Å². The molecule has 2 rings (SSSR count). The lowest BCUT2D eigenvalue weighted by molar-refractivity contribution is 0.392. The van der Waals surface area contributed by atoms with Crippen LogP contribution in [-0.4, -0.2) is 18.2 Å². The minimum Gasteiger partial charge on any atom is -0.341 e. The Balaban J connectivity index is 2.63. The van der Waals surface area contributed by atoms with E-state index in [1.165, 1.54) is 5.56 Å². The molecule has 0 aliphatic heterocycles. The summed E-state index contributed by atoms with van der Waals surface area (Å²) in [6.07, 6.45) is 0. The van der Waals surface area contributed by atoms with Crippen molar-refractivity contribution in [2.24, 2.45) is 0 Å². The maximum absolute atomic E-state index is 5.70. The van der Waals surface area contributed by atoms with Gasteiger partial charge in [-0.25, -0.2) is 0 Å². The fraction of sp³-hybridized carbons (Fsp3) is 0.471. The molecule has 0 spiro atoms. The first-order valence-electron chi connectivity index (χ1n) is 7.29. The van der Waals surface area contributed by atoms with Crippen LogP contribution in [0.2, 0.25) is 0 Å². The van der Waals surface area contributed by atoms with E-state index in [9.17, 15) is 0 Å². The zero-order valence-corrected chi connectivity index (χ0v) is 13.1. The van der Waals surface area contributed by atoms with E-state index in [1.54, 1.807) is 0 Å². The lowest BCUT2D eigenvalue weighted by Gasteiger charge is -2.21. The van der Waals surface area contributed by atoms with Crippen molar-refractivity contribution < 1.29 is 4.52 Å². The van der Waals surface area contributed by atoms with E-state index in [2.05, 4.69) is 68.9 Å². The van der Waals surface area contributed by atoms with Crippen molar-refractivity contribution in [2.45, 2.75) is 40.0 Å². The Morgan fingerprint density at radius 3 is 2.15 bits per heavy atom. The van der Waals surface area contributed by atoms with Crippen LogP contribution in [0.25, 0.3) is 11.1 Å². The molecule has 0 aliphatic carbocycles. The molecular formula is C17H24N2O. The molecule has 0 radical (unpaired) electrons. The predicted octanol–water partition coefficient (Wildman–Crippen LogP) is 4.49. The maximum Gasteiger partial charge on any atom is 0.235 e. The van der Waals surface area contributed by atoms with Gasteiger partial charge < -0.3 is 9.42 Å². The minimum absolute atomic E-state index is 0.0416. The van der Waals surface area contributed by atoms with Crippen LogP contribution in [0.1, 0.15) is 40.3 Å². The van der Waals surface area contributed by atoms with Crippen LogP contribution >= 0.6 is 0 Å². The molecule has 20 heavy (non-hydrogen) atoms. The highest BCUT2D eigenvalue weighted by molar-refractivity contribution is 5.77. The van der Waals surface area contributed by atoms with Gasteiger partial charge in [0.15, 0.2) is 0 Å². The summed E-state index contributed by atoms with van der Waals surface area (Å²) in [7, 11) is 0. The predicted molar refractivity (Wildman–Crippen MR) is 84.2 cm³/mol. The monoisotopic (exact) mass is 272 g/mol. The van der Waals surface area contributed by atoms with Gasteiger partial charge in [-0.3, -0.25) is 0 Å².